The number of benzene rings is 1. The third-order valence-corrected chi connectivity index (χ3v) is 5.10. The fourth-order valence-electron chi connectivity index (χ4n) is 3.29. The quantitative estimate of drug-likeness (QED) is 0.753. The summed E-state index contributed by atoms with van der Waals surface area (Å²) in [5, 5.41) is 0.578. The number of alkyl halides is 3. The number of hydrogen-bond donors (Lipinski definition) is 0. The molecule has 1 aliphatic heterocycles. The fraction of sp³-hybridized carbons (Fsp3) is 0.400. The van der Waals surface area contributed by atoms with E-state index >= 15 is 0 Å². The summed E-state index contributed by atoms with van der Waals surface area (Å²) in [5.41, 5.74) is 0.0417. The summed E-state index contributed by atoms with van der Waals surface area (Å²) in [5.74, 6) is 0.551. The average Bonchev–Trinajstić information content (AvgIpc) is 2.68. The molecule has 0 bridgehead atoms. The zero-order chi connectivity index (χ0) is 20.3. The van der Waals surface area contributed by atoms with Crippen LogP contribution in [0.3, 0.4) is 0 Å². The smallest absolute Gasteiger partial charge is 0.353 e. The lowest BCUT2D eigenvalue weighted by Crippen LogP contribution is -2.50. The Labute approximate surface area is 166 Å². The van der Waals surface area contributed by atoms with E-state index in [0.717, 1.165) is 23.5 Å². The molecular weight excluding hydrogens is 391 g/mol. The second-order valence-corrected chi connectivity index (χ2v) is 7.38. The second kappa shape index (κ2) is 8.39. The zero-order valence-electron chi connectivity index (χ0n) is 15.4. The van der Waals surface area contributed by atoms with E-state index in [0.29, 0.717) is 37.6 Å². The van der Waals surface area contributed by atoms with E-state index < -0.39 is 11.7 Å². The fourth-order valence-corrected chi connectivity index (χ4v) is 3.41. The van der Waals surface area contributed by atoms with E-state index in [1.54, 1.807) is 17.2 Å². The van der Waals surface area contributed by atoms with Crippen LogP contribution in [0.5, 0.6) is 0 Å². The van der Waals surface area contributed by atoms with E-state index in [1.807, 2.05) is 13.0 Å². The van der Waals surface area contributed by atoms with E-state index in [-0.39, 0.29) is 11.8 Å². The molecule has 1 atom stereocenters. The highest BCUT2D eigenvalue weighted by atomic mass is 35.5. The van der Waals surface area contributed by atoms with Gasteiger partial charge in [-0.15, -0.1) is 0 Å². The van der Waals surface area contributed by atoms with Crippen LogP contribution in [0.25, 0.3) is 0 Å². The van der Waals surface area contributed by atoms with Gasteiger partial charge in [0.15, 0.2) is 0 Å². The highest BCUT2D eigenvalue weighted by Gasteiger charge is 2.30. The maximum atomic E-state index is 12.7. The topological polar surface area (TPSA) is 36.4 Å². The van der Waals surface area contributed by atoms with Crippen molar-refractivity contribution in [2.45, 2.75) is 19.5 Å². The summed E-state index contributed by atoms with van der Waals surface area (Å²) in [6.07, 6.45) is -2.34. The minimum Gasteiger partial charge on any atom is -0.353 e. The third kappa shape index (κ3) is 4.95. The summed E-state index contributed by atoms with van der Waals surface area (Å²) in [6, 6.07) is 8.64. The van der Waals surface area contributed by atoms with Gasteiger partial charge in [-0.3, -0.25) is 4.79 Å². The Bertz CT molecular complexity index is 801. The summed E-state index contributed by atoms with van der Waals surface area (Å²) in [6.45, 7) is 4.33. The number of halogens is 4. The van der Waals surface area contributed by atoms with Crippen LogP contribution in [0.15, 0.2) is 42.6 Å². The maximum absolute atomic E-state index is 12.7. The van der Waals surface area contributed by atoms with Crippen LogP contribution >= 0.6 is 11.6 Å². The Morgan fingerprint density at radius 3 is 2.29 bits per heavy atom. The zero-order valence-corrected chi connectivity index (χ0v) is 16.2. The predicted molar refractivity (Wildman–Crippen MR) is 102 cm³/mol. The Kier molecular flexibility index (Phi) is 6.13. The van der Waals surface area contributed by atoms with Crippen LogP contribution in [0.4, 0.5) is 19.0 Å². The first-order valence-corrected chi connectivity index (χ1v) is 9.43. The number of anilines is 1. The van der Waals surface area contributed by atoms with E-state index in [9.17, 15) is 18.0 Å². The van der Waals surface area contributed by atoms with Crippen molar-refractivity contribution in [2.75, 3.05) is 31.1 Å². The SMILES string of the molecule is CC(Cc1ccc(C(F)(F)F)cc1)C(=O)N1CCN(c2ccc(Cl)cn2)CC1. The molecule has 0 N–H and O–H groups in total. The number of hydrogen-bond acceptors (Lipinski definition) is 3. The molecule has 0 aliphatic carbocycles. The van der Waals surface area contributed by atoms with Crippen molar-refractivity contribution >= 4 is 23.3 Å². The molecule has 3 rings (SSSR count). The van der Waals surface area contributed by atoms with Crippen LogP contribution in [-0.2, 0) is 17.4 Å². The first-order valence-electron chi connectivity index (χ1n) is 9.05. The number of rotatable bonds is 4. The minimum atomic E-state index is -4.35. The third-order valence-electron chi connectivity index (χ3n) is 4.87. The first-order chi connectivity index (χ1) is 13.2. The van der Waals surface area contributed by atoms with Gasteiger partial charge in [0.05, 0.1) is 10.6 Å². The predicted octanol–water partition coefficient (Wildman–Crippen LogP) is 4.28. The number of carbonyl (C=O) groups excluding carboxylic acids is 1. The molecule has 1 aliphatic rings. The van der Waals surface area contributed by atoms with Crippen LogP contribution < -0.4 is 4.90 Å². The largest absolute Gasteiger partial charge is 0.416 e. The summed E-state index contributed by atoms with van der Waals surface area (Å²) >= 11 is 5.86. The van der Waals surface area contributed by atoms with Crippen LogP contribution in [0.1, 0.15) is 18.1 Å². The normalized spacial score (nSPS) is 16.2. The highest BCUT2D eigenvalue weighted by Crippen LogP contribution is 2.29. The van der Waals surface area contributed by atoms with Crippen LogP contribution in [-0.4, -0.2) is 42.0 Å². The number of aromatic nitrogens is 1. The molecule has 8 heteroatoms. The van der Waals surface area contributed by atoms with Crippen molar-refractivity contribution in [1.29, 1.82) is 0 Å². The Morgan fingerprint density at radius 2 is 1.75 bits per heavy atom. The molecule has 0 spiro atoms. The molecule has 2 heterocycles. The molecule has 1 fully saturated rings. The van der Waals surface area contributed by atoms with Crippen molar-refractivity contribution in [3.8, 4) is 0 Å². The van der Waals surface area contributed by atoms with Gasteiger partial charge < -0.3 is 9.80 Å². The summed E-state index contributed by atoms with van der Waals surface area (Å²) < 4.78 is 38.0. The lowest BCUT2D eigenvalue weighted by molar-refractivity contribution is -0.138. The summed E-state index contributed by atoms with van der Waals surface area (Å²) in [4.78, 5) is 20.9. The average molecular weight is 412 g/mol. The van der Waals surface area contributed by atoms with Crippen LogP contribution in [0.2, 0.25) is 5.02 Å². The molecule has 1 aromatic heterocycles. The monoisotopic (exact) mass is 411 g/mol. The minimum absolute atomic E-state index is 0.0172. The van der Waals surface area contributed by atoms with Gasteiger partial charge in [0.1, 0.15) is 5.82 Å². The first kappa shape index (κ1) is 20.5. The molecule has 1 amide bonds. The second-order valence-electron chi connectivity index (χ2n) is 6.95. The highest BCUT2D eigenvalue weighted by molar-refractivity contribution is 6.30. The number of piperazine rings is 1. The molecule has 1 aromatic carbocycles. The lowest BCUT2D eigenvalue weighted by Gasteiger charge is -2.36. The van der Waals surface area contributed by atoms with Gasteiger partial charge in [-0.25, -0.2) is 4.98 Å². The van der Waals surface area contributed by atoms with Gasteiger partial charge in [0, 0.05) is 38.3 Å². The lowest BCUT2D eigenvalue weighted by atomic mass is 9.98. The number of nitrogens with zero attached hydrogens (tertiary/aromatic N) is 3. The molecule has 1 saturated heterocycles. The molecule has 150 valence electrons. The van der Waals surface area contributed by atoms with Gasteiger partial charge >= 0.3 is 6.18 Å². The number of amides is 1. The molecule has 1 unspecified atom stereocenters. The summed E-state index contributed by atoms with van der Waals surface area (Å²) in [7, 11) is 0. The van der Waals surface area contributed by atoms with Crippen molar-refractivity contribution in [2.24, 2.45) is 5.92 Å². The Balaban J connectivity index is 1.53. The van der Waals surface area contributed by atoms with Gasteiger partial charge in [0.25, 0.3) is 0 Å². The van der Waals surface area contributed by atoms with Gasteiger partial charge in [0.2, 0.25) is 5.91 Å². The maximum Gasteiger partial charge on any atom is 0.416 e. The van der Waals surface area contributed by atoms with Crippen LogP contribution in [0, 0.1) is 5.92 Å². The van der Waals surface area contributed by atoms with Crippen molar-refractivity contribution < 1.29 is 18.0 Å². The molecule has 0 radical (unpaired) electrons. The molecule has 4 nitrogen and oxygen atoms in total. The van der Waals surface area contributed by atoms with Gasteiger partial charge in [-0.2, -0.15) is 13.2 Å². The van der Waals surface area contributed by atoms with E-state index in [2.05, 4.69) is 9.88 Å². The Hall–Kier alpha value is -2.28. The van der Waals surface area contributed by atoms with E-state index in [1.165, 1.54) is 12.1 Å². The molecule has 28 heavy (non-hydrogen) atoms. The van der Waals surface area contributed by atoms with Gasteiger partial charge in [-0.05, 0) is 36.2 Å². The molecular formula is C20H21ClF3N3O. The van der Waals surface area contributed by atoms with Crippen molar-refractivity contribution in [3.63, 3.8) is 0 Å². The van der Waals surface area contributed by atoms with Crippen molar-refractivity contribution in [3.05, 3.63) is 58.7 Å². The number of pyridine rings is 1. The Morgan fingerprint density at radius 1 is 1.11 bits per heavy atom. The standard InChI is InChI=1S/C20H21ClF3N3O/c1-14(12-15-2-4-16(5-3-15)20(22,23)24)19(28)27-10-8-26(9-11-27)18-7-6-17(21)13-25-18/h2-7,13-14H,8-12H2,1H3. The van der Waals surface area contributed by atoms with E-state index in [4.69, 9.17) is 11.6 Å². The molecule has 2 aromatic rings. The van der Waals surface area contributed by atoms with Crippen molar-refractivity contribution in [1.82, 2.24) is 9.88 Å². The molecule has 0 saturated carbocycles. The number of carbonyl (C=O) groups is 1. The van der Waals surface area contributed by atoms with Gasteiger partial charge in [-0.1, -0.05) is 30.7 Å².